The zero-order valence-corrected chi connectivity index (χ0v) is 18.0. The van der Waals surface area contributed by atoms with E-state index in [1.807, 2.05) is 36.4 Å². The summed E-state index contributed by atoms with van der Waals surface area (Å²) in [5, 5.41) is 14.2. The summed E-state index contributed by atoms with van der Waals surface area (Å²) in [7, 11) is 0. The molecule has 168 valence electrons. The van der Waals surface area contributed by atoms with E-state index >= 15 is 0 Å². The van der Waals surface area contributed by atoms with Crippen molar-refractivity contribution in [1.29, 1.82) is 0 Å². The number of alkyl carbamates (subject to hydrolysis) is 1. The fraction of sp³-hybridized carbons (Fsp3) is 0.320. The maximum absolute atomic E-state index is 12.6. The lowest BCUT2D eigenvalue weighted by atomic mass is 9.98. The lowest BCUT2D eigenvalue weighted by Crippen LogP contribution is -2.51. The number of amides is 2. The van der Waals surface area contributed by atoms with Crippen LogP contribution >= 0.6 is 0 Å². The first-order valence-corrected chi connectivity index (χ1v) is 10.7. The highest BCUT2D eigenvalue weighted by molar-refractivity contribution is 5.89. The van der Waals surface area contributed by atoms with Gasteiger partial charge in [0.25, 0.3) is 0 Å². The molecule has 7 nitrogen and oxygen atoms in total. The van der Waals surface area contributed by atoms with Gasteiger partial charge in [0.2, 0.25) is 5.91 Å². The average molecular weight is 437 g/mol. The third-order valence-corrected chi connectivity index (χ3v) is 5.63. The summed E-state index contributed by atoms with van der Waals surface area (Å²) in [6.07, 6.45) is 1.91. The lowest BCUT2D eigenvalue weighted by Gasteiger charge is -2.21. The molecule has 2 atom stereocenters. The molecule has 0 radical (unpaired) electrons. The molecule has 0 saturated carbocycles. The first-order chi connectivity index (χ1) is 15.5. The molecule has 3 rings (SSSR count). The number of ether oxygens (including phenoxy) is 1. The van der Waals surface area contributed by atoms with E-state index in [-0.39, 0.29) is 25.4 Å². The van der Waals surface area contributed by atoms with Gasteiger partial charge >= 0.3 is 12.1 Å². The molecule has 0 saturated heterocycles. The van der Waals surface area contributed by atoms with E-state index in [1.165, 1.54) is 0 Å². The zero-order chi connectivity index (χ0) is 23.1. The first kappa shape index (κ1) is 23.1. The number of benzene rings is 2. The van der Waals surface area contributed by atoms with Crippen molar-refractivity contribution < 1.29 is 24.2 Å². The minimum atomic E-state index is -1.12. The Morgan fingerprint density at radius 2 is 1.62 bits per heavy atom. The molecule has 2 aromatic rings. The van der Waals surface area contributed by atoms with Crippen molar-refractivity contribution in [1.82, 2.24) is 10.6 Å². The SMILES string of the molecule is C=CCCC(NC(=O)OCC1c2ccccc2-c2ccccc21)C(=O)NC(CC)C(=O)O. The van der Waals surface area contributed by atoms with Gasteiger partial charge in [0.15, 0.2) is 0 Å². The van der Waals surface area contributed by atoms with Crippen molar-refractivity contribution in [2.24, 2.45) is 0 Å². The van der Waals surface area contributed by atoms with E-state index in [1.54, 1.807) is 13.0 Å². The smallest absolute Gasteiger partial charge is 0.407 e. The Morgan fingerprint density at radius 3 is 2.16 bits per heavy atom. The van der Waals surface area contributed by atoms with Crippen LogP contribution in [-0.2, 0) is 14.3 Å². The number of carbonyl (C=O) groups excluding carboxylic acids is 2. The van der Waals surface area contributed by atoms with Crippen LogP contribution in [0.1, 0.15) is 43.2 Å². The van der Waals surface area contributed by atoms with Gasteiger partial charge in [0.1, 0.15) is 18.7 Å². The number of allylic oxidation sites excluding steroid dienone is 1. The third-order valence-electron chi connectivity index (χ3n) is 5.63. The number of hydrogen-bond acceptors (Lipinski definition) is 4. The Kier molecular flexibility index (Phi) is 7.65. The summed E-state index contributed by atoms with van der Waals surface area (Å²) in [4.78, 5) is 36.3. The Hall–Kier alpha value is -3.61. The quantitative estimate of drug-likeness (QED) is 0.491. The summed E-state index contributed by atoms with van der Waals surface area (Å²) in [5.41, 5.74) is 4.43. The number of nitrogens with one attached hydrogen (secondary N) is 2. The normalized spacial score (nSPS) is 13.9. The van der Waals surface area contributed by atoms with Crippen LogP contribution in [-0.4, -0.2) is 41.8 Å². The van der Waals surface area contributed by atoms with Crippen LogP contribution in [0.25, 0.3) is 11.1 Å². The van der Waals surface area contributed by atoms with Crippen molar-refractivity contribution in [3.63, 3.8) is 0 Å². The largest absolute Gasteiger partial charge is 0.480 e. The second kappa shape index (κ2) is 10.6. The second-order valence-corrected chi connectivity index (χ2v) is 7.70. The Balaban J connectivity index is 1.66. The summed E-state index contributed by atoms with van der Waals surface area (Å²) >= 11 is 0. The van der Waals surface area contributed by atoms with Crippen LogP contribution in [0.15, 0.2) is 61.2 Å². The fourth-order valence-corrected chi connectivity index (χ4v) is 3.95. The highest BCUT2D eigenvalue weighted by Gasteiger charge is 2.30. The van der Waals surface area contributed by atoms with Gasteiger partial charge in [0.05, 0.1) is 0 Å². The first-order valence-electron chi connectivity index (χ1n) is 10.7. The van der Waals surface area contributed by atoms with Gasteiger partial charge < -0.3 is 20.5 Å². The molecule has 0 heterocycles. The minimum Gasteiger partial charge on any atom is -0.480 e. The summed E-state index contributed by atoms with van der Waals surface area (Å²) in [6.45, 7) is 5.43. The zero-order valence-electron chi connectivity index (χ0n) is 18.0. The van der Waals surface area contributed by atoms with Crippen LogP contribution < -0.4 is 10.6 Å². The molecule has 7 heteroatoms. The topological polar surface area (TPSA) is 105 Å². The minimum absolute atomic E-state index is 0.0925. The summed E-state index contributed by atoms with van der Waals surface area (Å²) < 4.78 is 5.51. The van der Waals surface area contributed by atoms with Crippen molar-refractivity contribution in [2.45, 2.75) is 44.2 Å². The lowest BCUT2D eigenvalue weighted by molar-refractivity contribution is -0.142. The molecule has 0 aliphatic heterocycles. The molecule has 1 aliphatic rings. The van der Waals surface area contributed by atoms with Gasteiger partial charge in [-0.25, -0.2) is 9.59 Å². The van der Waals surface area contributed by atoms with Crippen molar-refractivity contribution in [2.75, 3.05) is 6.61 Å². The van der Waals surface area contributed by atoms with E-state index in [2.05, 4.69) is 29.3 Å². The Bertz CT molecular complexity index is 958. The summed E-state index contributed by atoms with van der Waals surface area (Å²) in [5.74, 6) is -1.77. The Labute approximate surface area is 187 Å². The molecule has 1 aliphatic carbocycles. The number of carboxylic acids is 1. The van der Waals surface area contributed by atoms with E-state index in [0.717, 1.165) is 22.3 Å². The Morgan fingerprint density at radius 1 is 1.03 bits per heavy atom. The van der Waals surface area contributed by atoms with Crippen molar-refractivity contribution in [3.8, 4) is 11.1 Å². The van der Waals surface area contributed by atoms with Gasteiger partial charge in [-0.05, 0) is 41.5 Å². The predicted molar refractivity (Wildman–Crippen MR) is 121 cm³/mol. The summed E-state index contributed by atoms with van der Waals surface area (Å²) in [6, 6.07) is 14.1. The molecule has 2 amide bonds. The number of fused-ring (bicyclic) bond motifs is 3. The fourth-order valence-electron chi connectivity index (χ4n) is 3.95. The molecular weight excluding hydrogens is 408 g/mol. The molecule has 32 heavy (non-hydrogen) atoms. The van der Waals surface area contributed by atoms with Crippen molar-refractivity contribution >= 4 is 18.0 Å². The maximum Gasteiger partial charge on any atom is 0.407 e. The molecule has 3 N–H and O–H groups in total. The number of carboxylic acid groups (broad SMARTS) is 1. The van der Waals surface area contributed by atoms with E-state index in [0.29, 0.717) is 6.42 Å². The monoisotopic (exact) mass is 436 g/mol. The van der Waals surface area contributed by atoms with Crippen molar-refractivity contribution in [3.05, 3.63) is 72.3 Å². The molecule has 0 aromatic heterocycles. The number of hydrogen-bond donors (Lipinski definition) is 3. The van der Waals surface area contributed by atoms with E-state index < -0.39 is 30.1 Å². The number of aliphatic carboxylic acids is 1. The van der Waals surface area contributed by atoms with Gasteiger partial charge in [-0.2, -0.15) is 0 Å². The number of rotatable bonds is 10. The van der Waals surface area contributed by atoms with Gasteiger partial charge in [-0.3, -0.25) is 4.79 Å². The van der Waals surface area contributed by atoms with Crippen LogP contribution in [0.3, 0.4) is 0 Å². The molecule has 2 aromatic carbocycles. The standard InChI is InChI=1S/C25H28N2O5/c1-3-5-14-22(23(28)26-21(4-2)24(29)30)27-25(31)32-15-20-18-12-8-6-10-16(18)17-11-7-9-13-19(17)20/h3,6-13,20-22H,1,4-5,14-15H2,2H3,(H,26,28)(H,27,31)(H,29,30). The van der Waals surface area contributed by atoms with E-state index in [4.69, 9.17) is 4.74 Å². The predicted octanol–water partition coefficient (Wildman–Crippen LogP) is 3.84. The highest BCUT2D eigenvalue weighted by atomic mass is 16.5. The van der Waals surface area contributed by atoms with Crippen LogP contribution in [0.5, 0.6) is 0 Å². The molecule has 0 bridgehead atoms. The second-order valence-electron chi connectivity index (χ2n) is 7.70. The molecular formula is C25H28N2O5. The van der Waals surface area contributed by atoms with Crippen LogP contribution in [0.2, 0.25) is 0 Å². The molecule has 0 fully saturated rings. The number of carbonyl (C=O) groups is 3. The average Bonchev–Trinajstić information content (AvgIpc) is 3.12. The van der Waals surface area contributed by atoms with Crippen LogP contribution in [0, 0.1) is 0 Å². The molecule has 2 unspecified atom stereocenters. The highest BCUT2D eigenvalue weighted by Crippen LogP contribution is 2.44. The van der Waals surface area contributed by atoms with Gasteiger partial charge in [-0.15, -0.1) is 6.58 Å². The molecule has 0 spiro atoms. The maximum atomic E-state index is 12.6. The third kappa shape index (κ3) is 5.17. The van der Waals surface area contributed by atoms with Gasteiger partial charge in [-0.1, -0.05) is 61.5 Å². The van der Waals surface area contributed by atoms with Crippen LogP contribution in [0.4, 0.5) is 4.79 Å². The van der Waals surface area contributed by atoms with E-state index in [9.17, 15) is 19.5 Å². The van der Waals surface area contributed by atoms with Gasteiger partial charge in [0, 0.05) is 5.92 Å².